The van der Waals surface area contributed by atoms with Gasteiger partial charge in [-0.25, -0.2) is 13.2 Å². The minimum absolute atomic E-state index is 0.189. The minimum Gasteiger partial charge on any atom is -0.207 e. The zero-order valence-corrected chi connectivity index (χ0v) is 10.2. The molecule has 0 aliphatic carbocycles. The Morgan fingerprint density at radius 3 is 2.13 bits per heavy atom. The summed E-state index contributed by atoms with van der Waals surface area (Å²) in [7, 11) is 0. The molecule has 0 aromatic heterocycles. The molecule has 1 aromatic carbocycles. The Hall–Kier alpha value is -0.510. The van der Waals surface area contributed by atoms with E-state index in [1.807, 2.05) is 13.8 Å². The molecule has 0 saturated carbocycles. The highest BCUT2D eigenvalue weighted by Gasteiger charge is 2.20. The number of hydrogen-bond donors (Lipinski definition) is 0. The zero-order valence-electron chi connectivity index (χ0n) is 8.58. The summed E-state index contributed by atoms with van der Waals surface area (Å²) in [4.78, 5) is 0. The molecular formula is C11H12BrF3. The Balaban J connectivity index is 3.01. The third-order valence-corrected chi connectivity index (χ3v) is 3.64. The van der Waals surface area contributed by atoms with Gasteiger partial charge in [0, 0.05) is 11.4 Å². The fourth-order valence-corrected chi connectivity index (χ4v) is 1.46. The van der Waals surface area contributed by atoms with Gasteiger partial charge in [0.25, 0.3) is 0 Å². The topological polar surface area (TPSA) is 0 Å². The van der Waals surface area contributed by atoms with Crippen molar-refractivity contribution in [2.24, 2.45) is 5.41 Å². The molecule has 15 heavy (non-hydrogen) atoms. The van der Waals surface area contributed by atoms with E-state index in [9.17, 15) is 13.2 Å². The Kier molecular flexibility index (Phi) is 3.82. The van der Waals surface area contributed by atoms with E-state index in [4.69, 9.17) is 0 Å². The van der Waals surface area contributed by atoms with Gasteiger partial charge in [-0.05, 0) is 23.5 Å². The van der Waals surface area contributed by atoms with E-state index in [1.54, 1.807) is 0 Å². The third kappa shape index (κ3) is 3.23. The lowest BCUT2D eigenvalue weighted by Gasteiger charge is -2.21. The molecule has 0 fully saturated rings. The molecule has 0 nitrogen and oxygen atoms in total. The first-order valence-corrected chi connectivity index (χ1v) is 5.67. The first-order chi connectivity index (χ1) is 6.85. The Morgan fingerprint density at radius 2 is 1.60 bits per heavy atom. The molecular weight excluding hydrogens is 269 g/mol. The number of halogens is 4. The van der Waals surface area contributed by atoms with Crippen LogP contribution in [0, 0.1) is 22.9 Å². The molecule has 0 radical (unpaired) electrons. The van der Waals surface area contributed by atoms with Gasteiger partial charge < -0.3 is 0 Å². The van der Waals surface area contributed by atoms with Crippen molar-refractivity contribution < 1.29 is 13.2 Å². The van der Waals surface area contributed by atoms with E-state index in [0.717, 1.165) is 6.07 Å². The van der Waals surface area contributed by atoms with Crippen molar-refractivity contribution >= 4 is 15.9 Å². The highest BCUT2D eigenvalue weighted by molar-refractivity contribution is 9.09. The predicted molar refractivity (Wildman–Crippen MR) is 57.6 cm³/mol. The first kappa shape index (κ1) is 12.6. The minimum atomic E-state index is -1.15. The van der Waals surface area contributed by atoms with Crippen LogP contribution in [0.5, 0.6) is 0 Å². The molecule has 0 bridgehead atoms. The molecule has 1 rings (SSSR count). The maximum absolute atomic E-state index is 13.3. The molecule has 0 aliphatic heterocycles. The van der Waals surface area contributed by atoms with Crippen LogP contribution >= 0.6 is 15.9 Å². The average Bonchev–Trinajstić information content (AvgIpc) is 2.14. The van der Waals surface area contributed by atoms with E-state index < -0.39 is 17.5 Å². The summed E-state index contributed by atoms with van der Waals surface area (Å²) in [6.45, 7) is 3.84. The molecule has 0 amide bonds. The van der Waals surface area contributed by atoms with Crippen molar-refractivity contribution in [3.63, 3.8) is 0 Å². The monoisotopic (exact) mass is 280 g/mol. The second-order valence-corrected chi connectivity index (χ2v) is 4.89. The molecule has 0 spiro atoms. The SMILES string of the molecule is CC(C)(CBr)Cc1cc(F)c(F)cc1F. The van der Waals surface area contributed by atoms with Crippen molar-refractivity contribution in [3.05, 3.63) is 35.1 Å². The maximum atomic E-state index is 13.3. The Labute approximate surface area is 95.6 Å². The average molecular weight is 281 g/mol. The number of alkyl halides is 1. The van der Waals surface area contributed by atoms with E-state index in [1.165, 1.54) is 0 Å². The molecule has 4 heteroatoms. The smallest absolute Gasteiger partial charge is 0.161 e. The molecule has 0 aliphatic rings. The van der Waals surface area contributed by atoms with Gasteiger partial charge in [-0.1, -0.05) is 29.8 Å². The molecule has 0 saturated heterocycles. The standard InChI is InChI=1S/C11H12BrF3/c1-11(2,6-12)5-7-3-9(14)10(15)4-8(7)13/h3-4H,5-6H2,1-2H3. The maximum Gasteiger partial charge on any atom is 0.161 e. The molecule has 0 unspecified atom stereocenters. The van der Waals surface area contributed by atoms with Gasteiger partial charge in [-0.2, -0.15) is 0 Å². The zero-order chi connectivity index (χ0) is 11.6. The normalized spacial score (nSPS) is 11.9. The van der Waals surface area contributed by atoms with Gasteiger partial charge >= 0.3 is 0 Å². The summed E-state index contributed by atoms with van der Waals surface area (Å²) in [5, 5.41) is 0.665. The van der Waals surface area contributed by atoms with Crippen LogP contribution in [0.1, 0.15) is 19.4 Å². The quantitative estimate of drug-likeness (QED) is 0.578. The summed E-state index contributed by atoms with van der Waals surface area (Å²) >= 11 is 3.30. The van der Waals surface area contributed by atoms with Gasteiger partial charge in [0.2, 0.25) is 0 Å². The largest absolute Gasteiger partial charge is 0.207 e. The van der Waals surface area contributed by atoms with Gasteiger partial charge in [0.1, 0.15) is 5.82 Å². The summed E-state index contributed by atoms with van der Waals surface area (Å²) in [5.74, 6) is -2.84. The lowest BCUT2D eigenvalue weighted by atomic mass is 9.88. The van der Waals surface area contributed by atoms with Crippen molar-refractivity contribution in [2.75, 3.05) is 5.33 Å². The van der Waals surface area contributed by atoms with Gasteiger partial charge in [0.15, 0.2) is 11.6 Å². The third-order valence-electron chi connectivity index (χ3n) is 2.12. The second-order valence-electron chi connectivity index (χ2n) is 4.33. The fourth-order valence-electron chi connectivity index (χ4n) is 1.26. The van der Waals surface area contributed by atoms with Crippen LogP contribution in [0.25, 0.3) is 0 Å². The summed E-state index contributed by atoms with van der Waals surface area (Å²) < 4.78 is 38.8. The van der Waals surface area contributed by atoms with E-state index in [-0.39, 0.29) is 11.0 Å². The van der Waals surface area contributed by atoms with Gasteiger partial charge in [-0.3, -0.25) is 0 Å². The van der Waals surface area contributed by atoms with Crippen LogP contribution in [-0.2, 0) is 6.42 Å². The van der Waals surface area contributed by atoms with Crippen molar-refractivity contribution in [3.8, 4) is 0 Å². The van der Waals surface area contributed by atoms with Crippen molar-refractivity contribution in [2.45, 2.75) is 20.3 Å². The first-order valence-electron chi connectivity index (χ1n) is 4.55. The molecule has 0 N–H and O–H groups in total. The molecule has 1 aromatic rings. The highest BCUT2D eigenvalue weighted by atomic mass is 79.9. The van der Waals surface area contributed by atoms with Crippen molar-refractivity contribution in [1.82, 2.24) is 0 Å². The summed E-state index contributed by atoms with van der Waals surface area (Å²) in [6.07, 6.45) is 0.362. The van der Waals surface area contributed by atoms with Crippen LogP contribution in [0.2, 0.25) is 0 Å². The number of benzene rings is 1. The molecule has 0 atom stereocenters. The summed E-state index contributed by atoms with van der Waals surface area (Å²) in [6, 6.07) is 1.52. The molecule has 84 valence electrons. The van der Waals surface area contributed by atoms with E-state index >= 15 is 0 Å². The second kappa shape index (κ2) is 4.56. The van der Waals surface area contributed by atoms with Crippen molar-refractivity contribution in [1.29, 1.82) is 0 Å². The summed E-state index contributed by atoms with van der Waals surface area (Å²) in [5.41, 5.74) is 0.0174. The lowest BCUT2D eigenvalue weighted by Crippen LogP contribution is -2.17. The Bertz CT molecular complexity index is 361. The van der Waals surface area contributed by atoms with Crippen LogP contribution in [0.3, 0.4) is 0 Å². The Morgan fingerprint density at radius 1 is 1.07 bits per heavy atom. The number of rotatable bonds is 3. The number of hydrogen-bond acceptors (Lipinski definition) is 0. The van der Waals surface area contributed by atoms with Gasteiger partial charge in [0.05, 0.1) is 0 Å². The van der Waals surface area contributed by atoms with Crippen LogP contribution in [-0.4, -0.2) is 5.33 Å². The van der Waals surface area contributed by atoms with Crippen LogP contribution in [0.15, 0.2) is 12.1 Å². The van der Waals surface area contributed by atoms with Gasteiger partial charge in [-0.15, -0.1) is 0 Å². The fraction of sp³-hybridized carbons (Fsp3) is 0.455. The molecule has 0 heterocycles. The highest BCUT2D eigenvalue weighted by Crippen LogP contribution is 2.26. The predicted octanol–water partition coefficient (Wildman–Crippen LogP) is 4.07. The van der Waals surface area contributed by atoms with E-state index in [0.29, 0.717) is 17.8 Å². The van der Waals surface area contributed by atoms with E-state index in [2.05, 4.69) is 15.9 Å². The van der Waals surface area contributed by atoms with Crippen LogP contribution in [0.4, 0.5) is 13.2 Å². The lowest BCUT2D eigenvalue weighted by molar-refractivity contribution is 0.409. The van der Waals surface area contributed by atoms with Crippen LogP contribution < -0.4 is 0 Å².